The molecular weight excluding hydrogens is 341 g/mol. The Morgan fingerprint density at radius 2 is 1.69 bits per heavy atom. The van der Waals surface area contributed by atoms with Gasteiger partial charge in [0.2, 0.25) is 0 Å². The molecule has 0 bridgehead atoms. The summed E-state index contributed by atoms with van der Waals surface area (Å²) in [6.45, 7) is 0.282. The maximum Gasteiger partial charge on any atom is 0.433 e. The highest BCUT2D eigenvalue weighted by Gasteiger charge is 2.32. The monoisotopic (exact) mass is 354 g/mol. The van der Waals surface area contributed by atoms with E-state index < -0.39 is 11.9 Å². The summed E-state index contributed by atoms with van der Waals surface area (Å²) in [5.74, 6) is 0.369. The van der Waals surface area contributed by atoms with E-state index in [4.69, 9.17) is 4.74 Å². The van der Waals surface area contributed by atoms with Gasteiger partial charge in [0.15, 0.2) is 0 Å². The molecule has 130 valence electrons. The van der Waals surface area contributed by atoms with Crippen molar-refractivity contribution in [2.24, 2.45) is 0 Å². The number of hydrogen-bond donors (Lipinski definition) is 0. The number of halogens is 3. The molecule has 0 aliphatic rings. The van der Waals surface area contributed by atoms with Gasteiger partial charge in [-0.05, 0) is 29.3 Å². The minimum atomic E-state index is -4.48. The van der Waals surface area contributed by atoms with E-state index in [1.54, 1.807) is 18.2 Å². The molecule has 0 spiro atoms. The second-order valence-corrected chi connectivity index (χ2v) is 5.53. The lowest BCUT2D eigenvalue weighted by Gasteiger charge is -2.11. The Morgan fingerprint density at radius 1 is 0.962 bits per heavy atom. The number of hydrogen-bond acceptors (Lipinski definition) is 3. The standard InChI is InChI=1S/C20H13F3N2O/c21-20(22,23)19-9-8-17(12-25-19)15-6-7-16(11-24)18(10-15)26-13-14-4-2-1-3-5-14/h1-10,12H,13H2. The predicted octanol–water partition coefficient (Wildman–Crippen LogP) is 5.22. The third-order valence-corrected chi connectivity index (χ3v) is 3.73. The third-order valence-electron chi connectivity index (χ3n) is 3.73. The van der Waals surface area contributed by atoms with Crippen molar-refractivity contribution in [3.63, 3.8) is 0 Å². The smallest absolute Gasteiger partial charge is 0.433 e. The zero-order valence-electron chi connectivity index (χ0n) is 13.5. The van der Waals surface area contributed by atoms with Gasteiger partial charge in [0.05, 0.1) is 5.56 Å². The van der Waals surface area contributed by atoms with Crippen molar-refractivity contribution in [3.8, 4) is 22.9 Å². The van der Waals surface area contributed by atoms with Crippen LogP contribution in [0.15, 0.2) is 66.9 Å². The molecule has 0 aliphatic heterocycles. The fourth-order valence-electron chi connectivity index (χ4n) is 2.38. The van der Waals surface area contributed by atoms with Crippen LogP contribution in [0, 0.1) is 11.3 Å². The number of pyridine rings is 1. The summed E-state index contributed by atoms with van der Waals surface area (Å²) < 4.78 is 43.6. The van der Waals surface area contributed by atoms with E-state index in [0.29, 0.717) is 22.4 Å². The van der Waals surface area contributed by atoms with Crippen molar-refractivity contribution in [1.29, 1.82) is 5.26 Å². The molecule has 3 aromatic rings. The maximum atomic E-state index is 12.6. The van der Waals surface area contributed by atoms with Gasteiger partial charge in [0, 0.05) is 11.8 Å². The molecule has 26 heavy (non-hydrogen) atoms. The Balaban J connectivity index is 1.86. The summed E-state index contributed by atoms with van der Waals surface area (Å²) in [6, 6.07) is 18.6. The number of nitriles is 1. The average molecular weight is 354 g/mol. The summed E-state index contributed by atoms with van der Waals surface area (Å²) >= 11 is 0. The molecule has 0 saturated heterocycles. The lowest BCUT2D eigenvalue weighted by Crippen LogP contribution is -2.07. The number of rotatable bonds is 4. The van der Waals surface area contributed by atoms with E-state index in [9.17, 15) is 18.4 Å². The SMILES string of the molecule is N#Cc1ccc(-c2ccc(C(F)(F)F)nc2)cc1OCc1ccccc1. The van der Waals surface area contributed by atoms with Crippen LogP contribution in [0.3, 0.4) is 0 Å². The van der Waals surface area contributed by atoms with Gasteiger partial charge < -0.3 is 4.74 Å². The van der Waals surface area contributed by atoms with Crippen LogP contribution in [-0.4, -0.2) is 4.98 Å². The maximum absolute atomic E-state index is 12.6. The Bertz CT molecular complexity index is 930. The van der Waals surface area contributed by atoms with Crippen LogP contribution < -0.4 is 4.74 Å². The van der Waals surface area contributed by atoms with E-state index in [0.717, 1.165) is 17.8 Å². The first-order valence-electron chi connectivity index (χ1n) is 7.72. The normalized spacial score (nSPS) is 11.0. The van der Waals surface area contributed by atoms with E-state index in [1.807, 2.05) is 30.3 Å². The van der Waals surface area contributed by atoms with Gasteiger partial charge in [-0.1, -0.05) is 42.5 Å². The van der Waals surface area contributed by atoms with Crippen LogP contribution in [0.25, 0.3) is 11.1 Å². The van der Waals surface area contributed by atoms with Gasteiger partial charge in [-0.15, -0.1) is 0 Å². The van der Waals surface area contributed by atoms with Crippen molar-refractivity contribution in [1.82, 2.24) is 4.98 Å². The van der Waals surface area contributed by atoms with Crippen LogP contribution in [0.1, 0.15) is 16.8 Å². The van der Waals surface area contributed by atoms with Crippen molar-refractivity contribution >= 4 is 0 Å². The first-order chi connectivity index (χ1) is 12.5. The Labute approximate surface area is 148 Å². The van der Waals surface area contributed by atoms with Gasteiger partial charge >= 0.3 is 6.18 Å². The summed E-state index contributed by atoms with van der Waals surface area (Å²) in [7, 11) is 0. The van der Waals surface area contributed by atoms with Gasteiger partial charge in [-0.3, -0.25) is 4.98 Å². The van der Waals surface area contributed by atoms with Crippen molar-refractivity contribution in [3.05, 3.63) is 83.7 Å². The van der Waals surface area contributed by atoms with E-state index in [2.05, 4.69) is 11.1 Å². The van der Waals surface area contributed by atoms with Crippen LogP contribution in [0.5, 0.6) is 5.75 Å². The lowest BCUT2D eigenvalue weighted by atomic mass is 10.0. The number of benzene rings is 2. The molecule has 0 amide bonds. The van der Waals surface area contributed by atoms with Crippen LogP contribution in [-0.2, 0) is 12.8 Å². The molecule has 1 aromatic heterocycles. The third kappa shape index (κ3) is 4.01. The van der Waals surface area contributed by atoms with Crippen molar-refractivity contribution < 1.29 is 17.9 Å². The molecule has 0 N–H and O–H groups in total. The van der Waals surface area contributed by atoms with Gasteiger partial charge in [-0.25, -0.2) is 0 Å². The number of ether oxygens (including phenoxy) is 1. The summed E-state index contributed by atoms with van der Waals surface area (Å²) in [6.07, 6.45) is -3.32. The quantitative estimate of drug-likeness (QED) is 0.645. The topological polar surface area (TPSA) is 45.9 Å². The average Bonchev–Trinajstić information content (AvgIpc) is 2.66. The molecule has 0 fully saturated rings. The van der Waals surface area contributed by atoms with E-state index >= 15 is 0 Å². The molecule has 0 aliphatic carbocycles. The Morgan fingerprint density at radius 3 is 2.31 bits per heavy atom. The largest absolute Gasteiger partial charge is 0.488 e. The number of aromatic nitrogens is 1. The highest BCUT2D eigenvalue weighted by atomic mass is 19.4. The first-order valence-corrected chi connectivity index (χ1v) is 7.72. The molecule has 3 nitrogen and oxygen atoms in total. The summed E-state index contributed by atoms with van der Waals surface area (Å²) in [5.41, 5.74) is 1.47. The fourth-order valence-corrected chi connectivity index (χ4v) is 2.38. The molecule has 3 rings (SSSR count). The molecular formula is C20H13F3N2O. The Kier molecular flexibility index (Phi) is 4.90. The molecule has 1 heterocycles. The zero-order chi connectivity index (χ0) is 18.6. The number of nitrogens with zero attached hydrogens (tertiary/aromatic N) is 2. The Hall–Kier alpha value is -3.33. The minimum Gasteiger partial charge on any atom is -0.488 e. The molecule has 2 aromatic carbocycles. The van der Waals surface area contributed by atoms with E-state index in [-0.39, 0.29) is 6.61 Å². The van der Waals surface area contributed by atoms with Crippen molar-refractivity contribution in [2.75, 3.05) is 0 Å². The minimum absolute atomic E-state index is 0.282. The molecule has 0 saturated carbocycles. The fraction of sp³-hybridized carbons (Fsp3) is 0.100. The molecule has 6 heteroatoms. The molecule has 0 radical (unpaired) electrons. The second-order valence-electron chi connectivity index (χ2n) is 5.53. The van der Waals surface area contributed by atoms with Gasteiger partial charge in [0.25, 0.3) is 0 Å². The van der Waals surface area contributed by atoms with Crippen LogP contribution >= 0.6 is 0 Å². The molecule has 0 atom stereocenters. The summed E-state index contributed by atoms with van der Waals surface area (Å²) in [5, 5.41) is 9.24. The second kappa shape index (κ2) is 7.28. The predicted molar refractivity (Wildman–Crippen MR) is 90.2 cm³/mol. The first kappa shape index (κ1) is 17.5. The summed E-state index contributed by atoms with van der Waals surface area (Å²) in [4.78, 5) is 3.46. The lowest BCUT2D eigenvalue weighted by molar-refractivity contribution is -0.141. The highest BCUT2D eigenvalue weighted by Crippen LogP contribution is 2.31. The zero-order valence-corrected chi connectivity index (χ0v) is 13.5. The van der Waals surface area contributed by atoms with Gasteiger partial charge in [0.1, 0.15) is 24.1 Å². The number of alkyl halides is 3. The van der Waals surface area contributed by atoms with Crippen LogP contribution in [0.2, 0.25) is 0 Å². The van der Waals surface area contributed by atoms with E-state index in [1.165, 1.54) is 6.07 Å². The van der Waals surface area contributed by atoms with Crippen LogP contribution in [0.4, 0.5) is 13.2 Å². The van der Waals surface area contributed by atoms with Gasteiger partial charge in [-0.2, -0.15) is 18.4 Å². The highest BCUT2D eigenvalue weighted by molar-refractivity contribution is 5.66. The molecule has 0 unspecified atom stereocenters. The van der Waals surface area contributed by atoms with Crippen molar-refractivity contribution in [2.45, 2.75) is 12.8 Å².